The molecule has 2 unspecified atom stereocenters. The van der Waals surface area contributed by atoms with Gasteiger partial charge in [-0.25, -0.2) is 4.39 Å². The maximum absolute atomic E-state index is 13.3. The van der Waals surface area contributed by atoms with E-state index in [-0.39, 0.29) is 30.4 Å². The Bertz CT molecular complexity index is 408. The van der Waals surface area contributed by atoms with Crippen LogP contribution in [0.1, 0.15) is 18.9 Å². The maximum atomic E-state index is 13.3. The zero-order valence-electron chi connectivity index (χ0n) is 9.78. The Morgan fingerprint density at radius 1 is 1.53 bits per heavy atom. The highest BCUT2D eigenvalue weighted by molar-refractivity contribution is 5.76. The van der Waals surface area contributed by atoms with E-state index in [1.807, 2.05) is 6.92 Å². The minimum atomic E-state index is -0.340. The van der Waals surface area contributed by atoms with Crippen LogP contribution in [0.4, 0.5) is 4.39 Å². The van der Waals surface area contributed by atoms with Gasteiger partial charge in [-0.15, -0.1) is 0 Å². The van der Waals surface area contributed by atoms with Crippen molar-refractivity contribution in [3.8, 4) is 0 Å². The van der Waals surface area contributed by atoms with Crippen LogP contribution in [0.25, 0.3) is 0 Å². The first-order valence-electron chi connectivity index (χ1n) is 5.82. The van der Waals surface area contributed by atoms with Crippen LogP contribution in [0.3, 0.4) is 0 Å². The molecule has 92 valence electrons. The largest absolute Gasteiger partial charge is 0.460 e. The lowest BCUT2D eigenvalue weighted by atomic mass is 10.0. The summed E-state index contributed by atoms with van der Waals surface area (Å²) in [7, 11) is 0. The monoisotopic (exact) mass is 237 g/mol. The molecule has 1 aromatic rings. The molecule has 1 fully saturated rings. The standard InChI is InChI=1S/C13H16FNO2/c1-9-6-7-15-12(9)13(16)17-8-10-4-2-3-5-11(10)14/h2-5,9,12,15H,6-8H2,1H3. The summed E-state index contributed by atoms with van der Waals surface area (Å²) >= 11 is 0. The van der Waals surface area contributed by atoms with Crippen molar-refractivity contribution in [2.24, 2.45) is 5.92 Å². The van der Waals surface area contributed by atoms with E-state index in [1.54, 1.807) is 18.2 Å². The number of nitrogens with one attached hydrogen (secondary N) is 1. The molecule has 0 amide bonds. The fraction of sp³-hybridized carbons (Fsp3) is 0.462. The van der Waals surface area contributed by atoms with Crippen molar-refractivity contribution in [1.82, 2.24) is 5.32 Å². The second-order valence-corrected chi connectivity index (χ2v) is 4.40. The zero-order chi connectivity index (χ0) is 12.3. The van der Waals surface area contributed by atoms with E-state index >= 15 is 0 Å². The molecule has 1 aliphatic heterocycles. The van der Waals surface area contributed by atoms with Crippen LogP contribution in [0, 0.1) is 11.7 Å². The van der Waals surface area contributed by atoms with Gasteiger partial charge in [0.1, 0.15) is 18.5 Å². The highest BCUT2D eigenvalue weighted by Crippen LogP contribution is 2.16. The third-order valence-electron chi connectivity index (χ3n) is 3.11. The fourth-order valence-electron chi connectivity index (χ4n) is 2.00. The Morgan fingerprint density at radius 2 is 2.29 bits per heavy atom. The molecule has 0 aromatic heterocycles. The van der Waals surface area contributed by atoms with E-state index in [0.717, 1.165) is 13.0 Å². The summed E-state index contributed by atoms with van der Waals surface area (Å²) in [6.45, 7) is 2.84. The minimum Gasteiger partial charge on any atom is -0.460 e. The summed E-state index contributed by atoms with van der Waals surface area (Å²) in [6.07, 6.45) is 0.972. The SMILES string of the molecule is CC1CCNC1C(=O)OCc1ccccc1F. The first-order chi connectivity index (χ1) is 8.18. The number of hydrogen-bond acceptors (Lipinski definition) is 3. The number of rotatable bonds is 3. The third kappa shape index (κ3) is 2.82. The minimum absolute atomic E-state index is 0.00356. The maximum Gasteiger partial charge on any atom is 0.323 e. The van der Waals surface area contributed by atoms with Gasteiger partial charge in [-0.2, -0.15) is 0 Å². The second kappa shape index (κ2) is 5.27. The Morgan fingerprint density at radius 3 is 2.94 bits per heavy atom. The predicted octanol–water partition coefficient (Wildman–Crippen LogP) is 1.87. The Balaban J connectivity index is 1.90. The van der Waals surface area contributed by atoms with Gasteiger partial charge in [-0.3, -0.25) is 4.79 Å². The highest BCUT2D eigenvalue weighted by atomic mass is 19.1. The van der Waals surface area contributed by atoms with Gasteiger partial charge in [0.05, 0.1) is 0 Å². The number of benzene rings is 1. The molecule has 1 heterocycles. The second-order valence-electron chi connectivity index (χ2n) is 4.40. The average molecular weight is 237 g/mol. The first kappa shape index (κ1) is 12.0. The molecule has 0 radical (unpaired) electrons. The van der Waals surface area contributed by atoms with Crippen LogP contribution < -0.4 is 5.32 Å². The average Bonchev–Trinajstić information content (AvgIpc) is 2.74. The van der Waals surface area contributed by atoms with E-state index in [0.29, 0.717) is 5.56 Å². The lowest BCUT2D eigenvalue weighted by Gasteiger charge is -2.14. The summed E-state index contributed by atoms with van der Waals surface area (Å²) in [5.74, 6) is -0.353. The van der Waals surface area contributed by atoms with Crippen LogP contribution in [0.5, 0.6) is 0 Å². The van der Waals surface area contributed by atoms with Crippen molar-refractivity contribution in [3.05, 3.63) is 35.6 Å². The summed E-state index contributed by atoms with van der Waals surface area (Å²) < 4.78 is 18.4. The molecule has 1 N–H and O–H groups in total. The van der Waals surface area contributed by atoms with Crippen molar-refractivity contribution in [2.75, 3.05) is 6.54 Å². The molecule has 2 atom stereocenters. The van der Waals surface area contributed by atoms with Crippen molar-refractivity contribution in [1.29, 1.82) is 0 Å². The molecular weight excluding hydrogens is 221 g/mol. The molecule has 17 heavy (non-hydrogen) atoms. The number of halogens is 1. The van der Waals surface area contributed by atoms with Gasteiger partial charge in [0.15, 0.2) is 0 Å². The topological polar surface area (TPSA) is 38.3 Å². The van der Waals surface area contributed by atoms with E-state index in [4.69, 9.17) is 4.74 Å². The molecule has 0 spiro atoms. The van der Waals surface area contributed by atoms with Gasteiger partial charge in [0.25, 0.3) is 0 Å². The smallest absolute Gasteiger partial charge is 0.323 e. The highest BCUT2D eigenvalue weighted by Gasteiger charge is 2.30. The van der Waals surface area contributed by atoms with Crippen molar-refractivity contribution in [2.45, 2.75) is 26.0 Å². The van der Waals surface area contributed by atoms with Gasteiger partial charge >= 0.3 is 5.97 Å². The number of carbonyl (C=O) groups excluding carboxylic acids is 1. The van der Waals surface area contributed by atoms with E-state index < -0.39 is 0 Å². The summed E-state index contributed by atoms with van der Waals surface area (Å²) in [5.41, 5.74) is 0.409. The molecule has 3 nitrogen and oxygen atoms in total. The van der Waals surface area contributed by atoms with Crippen LogP contribution in [0.15, 0.2) is 24.3 Å². The summed E-state index contributed by atoms with van der Waals surface area (Å²) in [5, 5.41) is 3.09. The van der Waals surface area contributed by atoms with Crippen molar-refractivity contribution < 1.29 is 13.9 Å². The molecule has 0 saturated carbocycles. The summed E-state index contributed by atoms with van der Waals surface area (Å²) in [4.78, 5) is 11.7. The van der Waals surface area contributed by atoms with E-state index in [1.165, 1.54) is 6.07 Å². The van der Waals surface area contributed by atoms with Gasteiger partial charge in [0.2, 0.25) is 0 Å². The van der Waals surface area contributed by atoms with Gasteiger partial charge in [0, 0.05) is 5.56 Å². The van der Waals surface area contributed by atoms with Gasteiger partial charge in [-0.1, -0.05) is 25.1 Å². The van der Waals surface area contributed by atoms with Crippen molar-refractivity contribution >= 4 is 5.97 Å². The number of esters is 1. The lowest BCUT2D eigenvalue weighted by molar-refractivity contribution is -0.148. The number of ether oxygens (including phenoxy) is 1. The number of hydrogen-bond donors (Lipinski definition) is 1. The molecule has 1 aromatic carbocycles. The lowest BCUT2D eigenvalue weighted by Crippen LogP contribution is -2.36. The van der Waals surface area contributed by atoms with E-state index in [9.17, 15) is 9.18 Å². The molecule has 0 bridgehead atoms. The fourth-order valence-corrected chi connectivity index (χ4v) is 2.00. The zero-order valence-corrected chi connectivity index (χ0v) is 9.78. The Kier molecular flexibility index (Phi) is 3.74. The van der Waals surface area contributed by atoms with Crippen LogP contribution in [-0.4, -0.2) is 18.6 Å². The van der Waals surface area contributed by atoms with Gasteiger partial charge < -0.3 is 10.1 Å². The van der Waals surface area contributed by atoms with Crippen molar-refractivity contribution in [3.63, 3.8) is 0 Å². The van der Waals surface area contributed by atoms with Crippen LogP contribution in [-0.2, 0) is 16.1 Å². The summed E-state index contributed by atoms with van der Waals surface area (Å²) in [6, 6.07) is 6.07. The van der Waals surface area contributed by atoms with E-state index in [2.05, 4.69) is 5.32 Å². The predicted molar refractivity (Wildman–Crippen MR) is 61.8 cm³/mol. The normalized spacial score (nSPS) is 23.6. The quantitative estimate of drug-likeness (QED) is 0.815. The third-order valence-corrected chi connectivity index (χ3v) is 3.11. The van der Waals surface area contributed by atoms with Gasteiger partial charge in [-0.05, 0) is 24.9 Å². The molecule has 4 heteroatoms. The van der Waals surface area contributed by atoms with Crippen LogP contribution in [0.2, 0.25) is 0 Å². The molecule has 0 aliphatic carbocycles. The Labute approximate surface area is 100.0 Å². The molecule has 1 aliphatic rings. The molecule has 2 rings (SSSR count). The number of carbonyl (C=O) groups is 1. The molecule has 1 saturated heterocycles. The van der Waals surface area contributed by atoms with Crippen LogP contribution >= 0.6 is 0 Å². The first-order valence-corrected chi connectivity index (χ1v) is 5.82. The molecular formula is C13H16FNO2. The Hall–Kier alpha value is -1.42.